The number of nitrogens with two attached hydrogens (primary N) is 1. The van der Waals surface area contributed by atoms with Crippen molar-refractivity contribution in [3.05, 3.63) is 24.3 Å². The van der Waals surface area contributed by atoms with Gasteiger partial charge in [0.2, 0.25) is 0 Å². The second-order valence-corrected chi connectivity index (χ2v) is 4.95. The zero-order valence-electron chi connectivity index (χ0n) is 10.6. The van der Waals surface area contributed by atoms with E-state index in [2.05, 4.69) is 11.9 Å². The molecule has 1 heterocycles. The van der Waals surface area contributed by atoms with Gasteiger partial charge in [0.1, 0.15) is 5.75 Å². The lowest BCUT2D eigenvalue weighted by atomic mass is 9.94. The molecule has 0 spiro atoms. The largest absolute Gasteiger partial charge is 0.494 e. The van der Waals surface area contributed by atoms with E-state index in [1.807, 2.05) is 24.3 Å². The zero-order chi connectivity index (χ0) is 12.1. The van der Waals surface area contributed by atoms with Crippen molar-refractivity contribution in [3.8, 4) is 5.75 Å². The van der Waals surface area contributed by atoms with Crippen molar-refractivity contribution in [1.29, 1.82) is 0 Å². The maximum Gasteiger partial charge on any atom is 0.119 e. The van der Waals surface area contributed by atoms with Crippen molar-refractivity contribution in [2.75, 3.05) is 32.5 Å². The van der Waals surface area contributed by atoms with Gasteiger partial charge in [0.15, 0.2) is 0 Å². The summed E-state index contributed by atoms with van der Waals surface area (Å²) < 4.78 is 5.72. The normalized spacial score (nSPS) is 18.2. The lowest BCUT2D eigenvalue weighted by molar-refractivity contribution is 0.187. The number of likely N-dealkylation sites (tertiary alicyclic amines) is 1. The third kappa shape index (κ3) is 3.93. The molecule has 0 unspecified atom stereocenters. The minimum atomic E-state index is 0.785. The number of nitrogens with zero attached hydrogens (tertiary/aromatic N) is 1. The van der Waals surface area contributed by atoms with E-state index < -0.39 is 0 Å². The highest BCUT2D eigenvalue weighted by molar-refractivity contribution is 5.41. The summed E-state index contributed by atoms with van der Waals surface area (Å²) in [6.07, 6.45) is 3.78. The fourth-order valence-corrected chi connectivity index (χ4v) is 2.26. The SMILES string of the molecule is CN1CCC(CCOc2ccc(N)cc2)CC1. The summed E-state index contributed by atoms with van der Waals surface area (Å²) >= 11 is 0. The zero-order valence-corrected chi connectivity index (χ0v) is 10.6. The van der Waals surface area contributed by atoms with Gasteiger partial charge in [0, 0.05) is 5.69 Å². The van der Waals surface area contributed by atoms with Crippen LogP contribution in [0.25, 0.3) is 0 Å². The standard InChI is InChI=1S/C14H22N2O/c1-16-9-6-12(7-10-16)8-11-17-14-4-2-13(15)3-5-14/h2-5,12H,6-11,15H2,1H3. The van der Waals surface area contributed by atoms with Crippen LogP contribution in [0.15, 0.2) is 24.3 Å². The summed E-state index contributed by atoms with van der Waals surface area (Å²) in [7, 11) is 2.20. The Morgan fingerprint density at radius 1 is 1.24 bits per heavy atom. The Bertz CT molecular complexity index is 329. The molecule has 3 nitrogen and oxygen atoms in total. The van der Waals surface area contributed by atoms with Crippen LogP contribution in [0.4, 0.5) is 5.69 Å². The van der Waals surface area contributed by atoms with Crippen LogP contribution in [0.3, 0.4) is 0 Å². The van der Waals surface area contributed by atoms with Crippen molar-refractivity contribution in [1.82, 2.24) is 4.90 Å². The van der Waals surface area contributed by atoms with Gasteiger partial charge in [-0.05, 0) is 69.6 Å². The number of hydrogen-bond donors (Lipinski definition) is 1. The molecule has 0 radical (unpaired) electrons. The molecule has 1 aliphatic heterocycles. The highest BCUT2D eigenvalue weighted by atomic mass is 16.5. The maximum atomic E-state index is 5.72. The third-order valence-electron chi connectivity index (χ3n) is 3.51. The van der Waals surface area contributed by atoms with Crippen LogP contribution in [0.5, 0.6) is 5.75 Å². The monoisotopic (exact) mass is 234 g/mol. The topological polar surface area (TPSA) is 38.5 Å². The van der Waals surface area contributed by atoms with Crippen LogP contribution < -0.4 is 10.5 Å². The van der Waals surface area contributed by atoms with Crippen LogP contribution in [0.1, 0.15) is 19.3 Å². The molecule has 0 bridgehead atoms. The lowest BCUT2D eigenvalue weighted by Crippen LogP contribution is -2.30. The van der Waals surface area contributed by atoms with Crippen LogP contribution >= 0.6 is 0 Å². The van der Waals surface area contributed by atoms with Crippen molar-refractivity contribution in [2.45, 2.75) is 19.3 Å². The molecule has 0 aliphatic carbocycles. The van der Waals surface area contributed by atoms with Crippen molar-refractivity contribution < 1.29 is 4.74 Å². The fraction of sp³-hybridized carbons (Fsp3) is 0.571. The third-order valence-corrected chi connectivity index (χ3v) is 3.51. The molecule has 1 aromatic carbocycles. The van der Waals surface area contributed by atoms with Crippen molar-refractivity contribution >= 4 is 5.69 Å². The summed E-state index contributed by atoms with van der Waals surface area (Å²) in [5, 5.41) is 0. The first-order valence-corrected chi connectivity index (χ1v) is 6.41. The average molecular weight is 234 g/mol. The van der Waals surface area contributed by atoms with E-state index in [0.29, 0.717) is 0 Å². The van der Waals surface area contributed by atoms with Gasteiger partial charge in [0.25, 0.3) is 0 Å². The Morgan fingerprint density at radius 2 is 1.88 bits per heavy atom. The first-order valence-electron chi connectivity index (χ1n) is 6.41. The first-order chi connectivity index (χ1) is 8.24. The second-order valence-electron chi connectivity index (χ2n) is 4.95. The van der Waals surface area contributed by atoms with Crippen LogP contribution in [-0.4, -0.2) is 31.6 Å². The molecule has 0 saturated carbocycles. The summed E-state index contributed by atoms with van der Waals surface area (Å²) in [4.78, 5) is 2.40. The number of anilines is 1. The number of hydrogen-bond acceptors (Lipinski definition) is 3. The highest BCUT2D eigenvalue weighted by Gasteiger charge is 2.16. The summed E-state index contributed by atoms with van der Waals surface area (Å²) in [6, 6.07) is 7.63. The van der Waals surface area contributed by atoms with E-state index in [4.69, 9.17) is 10.5 Å². The van der Waals surface area contributed by atoms with Gasteiger partial charge in [-0.25, -0.2) is 0 Å². The number of piperidine rings is 1. The van der Waals surface area contributed by atoms with Gasteiger partial charge < -0.3 is 15.4 Å². The minimum absolute atomic E-state index is 0.785. The first kappa shape index (κ1) is 12.2. The number of rotatable bonds is 4. The van der Waals surface area contributed by atoms with E-state index in [0.717, 1.165) is 30.4 Å². The summed E-state index contributed by atoms with van der Waals surface area (Å²) in [6.45, 7) is 3.28. The fourth-order valence-electron chi connectivity index (χ4n) is 2.26. The smallest absolute Gasteiger partial charge is 0.119 e. The van der Waals surface area contributed by atoms with E-state index >= 15 is 0 Å². The molecule has 94 valence electrons. The van der Waals surface area contributed by atoms with Gasteiger partial charge >= 0.3 is 0 Å². The predicted octanol–water partition coefficient (Wildman–Crippen LogP) is 2.38. The molecule has 1 fully saturated rings. The van der Waals surface area contributed by atoms with E-state index in [-0.39, 0.29) is 0 Å². The quantitative estimate of drug-likeness (QED) is 0.813. The second kappa shape index (κ2) is 5.92. The minimum Gasteiger partial charge on any atom is -0.494 e. The molecule has 0 atom stereocenters. The van der Waals surface area contributed by atoms with Crippen molar-refractivity contribution in [2.24, 2.45) is 5.92 Å². The Labute approximate surface area is 104 Å². The number of nitrogen functional groups attached to an aromatic ring is 1. The molecule has 3 heteroatoms. The van der Waals surface area contributed by atoms with E-state index in [1.165, 1.54) is 25.9 Å². The molecule has 17 heavy (non-hydrogen) atoms. The highest BCUT2D eigenvalue weighted by Crippen LogP contribution is 2.20. The Balaban J connectivity index is 1.67. The van der Waals surface area contributed by atoms with Gasteiger partial charge in [-0.15, -0.1) is 0 Å². The molecule has 0 amide bonds. The van der Waals surface area contributed by atoms with Gasteiger partial charge in [-0.3, -0.25) is 0 Å². The number of ether oxygens (including phenoxy) is 1. The van der Waals surface area contributed by atoms with Crippen LogP contribution in [0, 0.1) is 5.92 Å². The molecule has 2 N–H and O–H groups in total. The molecule has 1 aliphatic rings. The van der Waals surface area contributed by atoms with Crippen molar-refractivity contribution in [3.63, 3.8) is 0 Å². The van der Waals surface area contributed by atoms with Gasteiger partial charge in [0.05, 0.1) is 6.61 Å². The Kier molecular flexibility index (Phi) is 4.26. The molecular formula is C14H22N2O. The predicted molar refractivity (Wildman–Crippen MR) is 71.2 cm³/mol. The van der Waals surface area contributed by atoms with Gasteiger partial charge in [-0.2, -0.15) is 0 Å². The van der Waals surface area contributed by atoms with Gasteiger partial charge in [-0.1, -0.05) is 0 Å². The average Bonchev–Trinajstić information content (AvgIpc) is 2.34. The number of benzene rings is 1. The lowest BCUT2D eigenvalue weighted by Gasteiger charge is -2.28. The molecule has 0 aromatic heterocycles. The Hall–Kier alpha value is -1.22. The van der Waals surface area contributed by atoms with E-state index in [1.54, 1.807) is 0 Å². The van der Waals surface area contributed by atoms with Crippen LogP contribution in [0.2, 0.25) is 0 Å². The molecule has 1 saturated heterocycles. The summed E-state index contributed by atoms with van der Waals surface area (Å²) in [5.74, 6) is 1.76. The van der Waals surface area contributed by atoms with Crippen LogP contribution in [-0.2, 0) is 0 Å². The molecule has 1 aromatic rings. The summed E-state index contributed by atoms with van der Waals surface area (Å²) in [5.41, 5.74) is 6.41. The molecular weight excluding hydrogens is 212 g/mol. The van der Waals surface area contributed by atoms with E-state index in [9.17, 15) is 0 Å². The Morgan fingerprint density at radius 3 is 2.53 bits per heavy atom. The molecule has 2 rings (SSSR count). The maximum absolute atomic E-state index is 5.72.